The van der Waals surface area contributed by atoms with Gasteiger partial charge in [0.15, 0.2) is 6.29 Å². The molecule has 2 N–H and O–H groups in total. The van der Waals surface area contributed by atoms with E-state index in [1.54, 1.807) is 23.6 Å². The number of piperidine rings is 1. The zero-order valence-electron chi connectivity index (χ0n) is 11.5. The van der Waals surface area contributed by atoms with Crippen molar-refractivity contribution in [3.05, 3.63) is 10.6 Å². The largest absolute Gasteiger partial charge is 0.393 e. The topological polar surface area (TPSA) is 69.6 Å². The number of hydrogen-bond donors (Lipinski definition) is 2. The highest BCUT2D eigenvalue weighted by Gasteiger charge is 2.55. The van der Waals surface area contributed by atoms with Crippen LogP contribution in [0, 0.1) is 5.92 Å². The summed E-state index contributed by atoms with van der Waals surface area (Å²) in [4.78, 5) is 26.0. The van der Waals surface area contributed by atoms with Crippen molar-refractivity contribution in [1.82, 2.24) is 10.2 Å². The monoisotopic (exact) mass is 296 g/mol. The molecule has 4 atom stereocenters. The first-order valence-electron chi connectivity index (χ1n) is 7.20. The average molecular weight is 296 g/mol. The van der Waals surface area contributed by atoms with Gasteiger partial charge < -0.3 is 15.3 Å². The molecule has 2 saturated heterocycles. The van der Waals surface area contributed by atoms with Gasteiger partial charge in [-0.2, -0.15) is 0 Å². The number of aliphatic hydroxyl groups excluding tert-OH is 1. The van der Waals surface area contributed by atoms with Crippen LogP contribution in [0.4, 0.5) is 0 Å². The zero-order valence-corrected chi connectivity index (χ0v) is 12.4. The van der Waals surface area contributed by atoms with Gasteiger partial charge in [0.05, 0.1) is 23.8 Å². The van der Waals surface area contributed by atoms with Crippen molar-refractivity contribution in [2.24, 2.45) is 5.92 Å². The Kier molecular flexibility index (Phi) is 3.88. The van der Waals surface area contributed by atoms with Gasteiger partial charge in [-0.25, -0.2) is 0 Å². The van der Waals surface area contributed by atoms with E-state index < -0.39 is 6.10 Å². The molecule has 110 valence electrons. The Morgan fingerprint density at radius 3 is 2.95 bits per heavy atom. The number of β-lactam (4-membered cyclic amide) rings is 1. The van der Waals surface area contributed by atoms with E-state index in [1.807, 2.05) is 0 Å². The van der Waals surface area contributed by atoms with Crippen LogP contribution in [-0.2, 0) is 9.59 Å². The van der Waals surface area contributed by atoms with Gasteiger partial charge >= 0.3 is 0 Å². The Balaban J connectivity index is 1.73. The molecule has 0 spiro atoms. The SMILES string of the molecule is CC(O)C1C(=O)N2C(C=O)=C(SC3CCCNC3)C[C@H]12. The van der Waals surface area contributed by atoms with Gasteiger partial charge in [0.1, 0.15) is 0 Å². The van der Waals surface area contributed by atoms with Gasteiger partial charge in [-0.15, -0.1) is 11.8 Å². The van der Waals surface area contributed by atoms with E-state index >= 15 is 0 Å². The second-order valence-corrected chi connectivity index (χ2v) is 7.15. The maximum absolute atomic E-state index is 12.0. The van der Waals surface area contributed by atoms with Gasteiger partial charge in [0.2, 0.25) is 5.91 Å². The summed E-state index contributed by atoms with van der Waals surface area (Å²) in [6.45, 7) is 3.67. The molecule has 3 heterocycles. The number of thioether (sulfide) groups is 1. The molecule has 1 amide bonds. The maximum Gasteiger partial charge on any atom is 0.235 e. The number of nitrogens with zero attached hydrogens (tertiary/aromatic N) is 1. The number of rotatable bonds is 4. The van der Waals surface area contributed by atoms with Gasteiger partial charge in [0.25, 0.3) is 0 Å². The summed E-state index contributed by atoms with van der Waals surface area (Å²) in [5, 5.41) is 13.5. The fourth-order valence-electron chi connectivity index (χ4n) is 3.39. The van der Waals surface area contributed by atoms with E-state index in [-0.39, 0.29) is 17.9 Å². The Bertz CT molecular complexity index is 457. The van der Waals surface area contributed by atoms with Crippen LogP contribution in [0.15, 0.2) is 10.6 Å². The molecular weight excluding hydrogens is 276 g/mol. The van der Waals surface area contributed by atoms with Crippen LogP contribution in [0.3, 0.4) is 0 Å². The molecule has 3 aliphatic heterocycles. The lowest BCUT2D eigenvalue weighted by Crippen LogP contribution is -2.61. The first-order chi connectivity index (χ1) is 9.63. The molecule has 0 aromatic carbocycles. The molecule has 0 saturated carbocycles. The first-order valence-corrected chi connectivity index (χ1v) is 8.08. The summed E-state index contributed by atoms with van der Waals surface area (Å²) < 4.78 is 0. The van der Waals surface area contributed by atoms with Gasteiger partial charge in [-0.1, -0.05) is 0 Å². The molecule has 2 fully saturated rings. The Morgan fingerprint density at radius 1 is 1.55 bits per heavy atom. The highest BCUT2D eigenvalue weighted by atomic mass is 32.2. The van der Waals surface area contributed by atoms with Crippen LogP contribution < -0.4 is 5.32 Å². The number of aldehydes is 1. The van der Waals surface area contributed by atoms with E-state index in [1.165, 1.54) is 0 Å². The fourth-order valence-corrected chi connectivity index (χ4v) is 4.81. The number of carbonyl (C=O) groups excluding carboxylic acids is 2. The summed E-state index contributed by atoms with van der Waals surface area (Å²) in [7, 11) is 0. The van der Waals surface area contributed by atoms with Crippen molar-refractivity contribution in [3.8, 4) is 0 Å². The second-order valence-electron chi connectivity index (χ2n) is 5.76. The summed E-state index contributed by atoms with van der Waals surface area (Å²) in [6, 6.07) is -0.0123. The molecule has 3 rings (SSSR count). The Morgan fingerprint density at radius 2 is 2.35 bits per heavy atom. The number of aliphatic hydroxyl groups is 1. The number of carbonyl (C=O) groups is 2. The van der Waals surface area contributed by atoms with Crippen LogP contribution in [0.5, 0.6) is 0 Å². The number of allylic oxidation sites excluding steroid dienone is 1. The quantitative estimate of drug-likeness (QED) is 0.584. The second kappa shape index (κ2) is 5.50. The van der Waals surface area contributed by atoms with Crippen LogP contribution in [0.1, 0.15) is 26.2 Å². The zero-order chi connectivity index (χ0) is 14.3. The molecule has 0 aliphatic carbocycles. The van der Waals surface area contributed by atoms with Crippen molar-refractivity contribution < 1.29 is 14.7 Å². The average Bonchev–Trinajstić information content (AvgIpc) is 2.73. The molecule has 0 aromatic heterocycles. The predicted molar refractivity (Wildman–Crippen MR) is 77.0 cm³/mol. The van der Waals surface area contributed by atoms with Crippen LogP contribution in [-0.4, -0.2) is 52.7 Å². The van der Waals surface area contributed by atoms with E-state index in [9.17, 15) is 14.7 Å². The summed E-state index contributed by atoms with van der Waals surface area (Å²) in [5.41, 5.74) is 0.535. The van der Waals surface area contributed by atoms with Crippen molar-refractivity contribution in [2.75, 3.05) is 13.1 Å². The van der Waals surface area contributed by atoms with Gasteiger partial charge in [0, 0.05) is 23.1 Å². The maximum atomic E-state index is 12.0. The molecule has 0 radical (unpaired) electrons. The standard InChI is InChI=1S/C14H20N2O3S/c1-8(18)13-10-5-12(11(7-17)16(10)14(13)19)20-9-3-2-4-15-6-9/h7-10,13,15,18H,2-6H2,1H3/t8?,9?,10-,13?/m1/s1. The Hall–Kier alpha value is -0.850. The van der Waals surface area contributed by atoms with Crippen molar-refractivity contribution in [3.63, 3.8) is 0 Å². The summed E-state index contributed by atoms with van der Waals surface area (Å²) in [5.74, 6) is -0.447. The van der Waals surface area contributed by atoms with E-state index in [0.717, 1.165) is 43.5 Å². The lowest BCUT2D eigenvalue weighted by atomic mass is 9.83. The number of amides is 1. The van der Waals surface area contributed by atoms with Crippen LogP contribution >= 0.6 is 11.8 Å². The van der Waals surface area contributed by atoms with Crippen molar-refractivity contribution in [2.45, 2.75) is 43.6 Å². The minimum atomic E-state index is -0.641. The number of hydrogen-bond acceptors (Lipinski definition) is 5. The number of nitrogens with one attached hydrogen (secondary N) is 1. The minimum absolute atomic E-state index is 0.0123. The predicted octanol–water partition coefficient (Wildman–Crippen LogP) is 0.494. The normalized spacial score (nSPS) is 34.8. The third-order valence-corrected chi connectivity index (χ3v) is 5.80. The van der Waals surface area contributed by atoms with Gasteiger partial charge in [-0.05, 0) is 26.3 Å². The molecule has 5 nitrogen and oxygen atoms in total. The van der Waals surface area contributed by atoms with Crippen molar-refractivity contribution >= 4 is 24.0 Å². The third-order valence-electron chi connectivity index (χ3n) is 4.40. The highest BCUT2D eigenvalue weighted by molar-refractivity contribution is 8.03. The van der Waals surface area contributed by atoms with Crippen LogP contribution in [0.25, 0.3) is 0 Å². The van der Waals surface area contributed by atoms with E-state index in [0.29, 0.717) is 10.9 Å². The van der Waals surface area contributed by atoms with Crippen molar-refractivity contribution in [1.29, 1.82) is 0 Å². The summed E-state index contributed by atoms with van der Waals surface area (Å²) >= 11 is 1.73. The van der Waals surface area contributed by atoms with Crippen LogP contribution in [0.2, 0.25) is 0 Å². The molecule has 3 aliphatic rings. The molecule has 6 heteroatoms. The molecular formula is C14H20N2O3S. The van der Waals surface area contributed by atoms with E-state index in [4.69, 9.17) is 0 Å². The lowest BCUT2D eigenvalue weighted by molar-refractivity contribution is -0.158. The fraction of sp³-hybridized carbons (Fsp3) is 0.714. The first kappa shape index (κ1) is 14.1. The molecule has 3 unspecified atom stereocenters. The number of fused-ring (bicyclic) bond motifs is 1. The lowest BCUT2D eigenvalue weighted by Gasteiger charge is -2.44. The highest BCUT2D eigenvalue weighted by Crippen LogP contribution is 2.47. The third kappa shape index (κ3) is 2.19. The minimum Gasteiger partial charge on any atom is -0.393 e. The smallest absolute Gasteiger partial charge is 0.235 e. The summed E-state index contributed by atoms with van der Waals surface area (Å²) in [6.07, 6.45) is 3.18. The van der Waals surface area contributed by atoms with Gasteiger partial charge in [-0.3, -0.25) is 9.59 Å². The molecule has 20 heavy (non-hydrogen) atoms. The molecule has 0 bridgehead atoms. The van der Waals surface area contributed by atoms with E-state index in [2.05, 4.69) is 5.32 Å². The molecule has 0 aromatic rings. The Labute approximate surface area is 122 Å².